The molecule has 1 aromatic rings. The minimum absolute atomic E-state index is 0.0289. The third kappa shape index (κ3) is 4.96. The number of ether oxygens (including phenoxy) is 1. The zero-order chi connectivity index (χ0) is 12.0. The van der Waals surface area contributed by atoms with Crippen LogP contribution in [0, 0.1) is 0 Å². The van der Waals surface area contributed by atoms with Crippen LogP contribution in [0.15, 0.2) is 24.3 Å². The molecule has 2 atom stereocenters. The zero-order valence-corrected chi connectivity index (χ0v) is 12.9. The van der Waals surface area contributed by atoms with Gasteiger partial charge in [-0.3, -0.25) is 0 Å². The predicted octanol–water partition coefficient (Wildman–Crippen LogP) is 4.51. The van der Waals surface area contributed by atoms with E-state index >= 15 is 0 Å². The van der Waals surface area contributed by atoms with E-state index in [1.54, 1.807) is 0 Å². The van der Waals surface area contributed by atoms with Crippen LogP contribution < -0.4 is 0 Å². The summed E-state index contributed by atoms with van der Waals surface area (Å²) in [5.74, 6) is 0.981. The number of hydrogen-bond acceptors (Lipinski definition) is 1. The van der Waals surface area contributed by atoms with E-state index in [-0.39, 0.29) is 10.0 Å². The van der Waals surface area contributed by atoms with Gasteiger partial charge in [0.1, 0.15) is 0 Å². The van der Waals surface area contributed by atoms with Crippen LogP contribution in [0.25, 0.3) is 0 Å². The number of halogens is 4. The van der Waals surface area contributed by atoms with Gasteiger partial charge in [0.05, 0.1) is 16.6 Å². The van der Waals surface area contributed by atoms with Crippen molar-refractivity contribution in [2.24, 2.45) is 0 Å². The maximum atomic E-state index is 5.88. The lowest BCUT2D eigenvalue weighted by molar-refractivity contribution is 0.0599. The van der Waals surface area contributed by atoms with Gasteiger partial charge in [-0.2, -0.15) is 0 Å². The molecule has 0 aromatic heterocycles. The Morgan fingerprint density at radius 1 is 1.25 bits per heavy atom. The van der Waals surface area contributed by atoms with Gasteiger partial charge in [0.25, 0.3) is 0 Å². The Balaban J connectivity index is 2.49. The molecule has 5 heteroatoms. The summed E-state index contributed by atoms with van der Waals surface area (Å²) < 4.78 is 5.92. The topological polar surface area (TPSA) is 9.23 Å². The molecule has 0 saturated heterocycles. The quantitative estimate of drug-likeness (QED) is 0.511. The van der Waals surface area contributed by atoms with E-state index in [1.165, 1.54) is 0 Å². The standard InChI is InChI=1S/C11H12Cl3IO/c12-5-10(15)11(6-13)16-7-8-2-1-3-9(14)4-8/h1-4,10-11H,5-7H2. The number of benzene rings is 1. The highest BCUT2D eigenvalue weighted by Gasteiger charge is 2.17. The summed E-state index contributed by atoms with van der Waals surface area (Å²) in [5, 5.41) is 0.715. The smallest absolute Gasteiger partial charge is 0.0843 e. The molecule has 16 heavy (non-hydrogen) atoms. The SMILES string of the molecule is ClCC(I)C(CCl)OCc1cccc(Cl)c1. The van der Waals surface area contributed by atoms with Crippen molar-refractivity contribution in [1.29, 1.82) is 0 Å². The van der Waals surface area contributed by atoms with E-state index in [0.717, 1.165) is 5.56 Å². The minimum atomic E-state index is -0.0289. The first-order valence-corrected chi connectivity index (χ1v) is 7.48. The van der Waals surface area contributed by atoms with Gasteiger partial charge in [0.2, 0.25) is 0 Å². The molecule has 0 heterocycles. The van der Waals surface area contributed by atoms with Gasteiger partial charge in [0.15, 0.2) is 0 Å². The van der Waals surface area contributed by atoms with Gasteiger partial charge in [-0.25, -0.2) is 0 Å². The second-order valence-corrected chi connectivity index (χ2v) is 5.96. The van der Waals surface area contributed by atoms with E-state index in [9.17, 15) is 0 Å². The molecule has 0 saturated carbocycles. The fraction of sp³-hybridized carbons (Fsp3) is 0.455. The van der Waals surface area contributed by atoms with Gasteiger partial charge in [-0.15, -0.1) is 23.2 Å². The van der Waals surface area contributed by atoms with Crippen LogP contribution in [0.3, 0.4) is 0 Å². The molecule has 0 aliphatic carbocycles. The van der Waals surface area contributed by atoms with Crippen molar-refractivity contribution in [2.75, 3.05) is 11.8 Å². The molecule has 0 spiro atoms. The van der Waals surface area contributed by atoms with Crippen LogP contribution >= 0.6 is 57.4 Å². The summed E-state index contributed by atoms with van der Waals surface area (Å²) >= 11 is 19.7. The summed E-state index contributed by atoms with van der Waals surface area (Å²) in [6.45, 7) is 0.508. The fourth-order valence-corrected chi connectivity index (χ4v) is 2.65. The summed E-state index contributed by atoms with van der Waals surface area (Å²) in [5.41, 5.74) is 1.04. The van der Waals surface area contributed by atoms with E-state index in [1.807, 2.05) is 24.3 Å². The first kappa shape index (κ1) is 14.8. The summed E-state index contributed by atoms with van der Waals surface area (Å²) in [6, 6.07) is 7.60. The second-order valence-electron chi connectivity index (χ2n) is 3.30. The Labute approximate surface area is 125 Å². The van der Waals surface area contributed by atoms with Crippen LogP contribution in [-0.2, 0) is 11.3 Å². The van der Waals surface area contributed by atoms with Crippen molar-refractivity contribution in [2.45, 2.75) is 16.6 Å². The lowest BCUT2D eigenvalue weighted by atomic mass is 10.2. The Morgan fingerprint density at radius 2 is 2.00 bits per heavy atom. The molecule has 0 aliphatic heterocycles. The van der Waals surface area contributed by atoms with Gasteiger partial charge in [-0.1, -0.05) is 46.3 Å². The molecular weight excluding hydrogens is 381 g/mol. The first-order valence-electron chi connectivity index (χ1n) is 4.79. The van der Waals surface area contributed by atoms with Crippen molar-refractivity contribution in [1.82, 2.24) is 0 Å². The Bertz CT molecular complexity index is 322. The second kappa shape index (κ2) is 7.98. The van der Waals surface area contributed by atoms with Crippen molar-refractivity contribution in [3.05, 3.63) is 34.9 Å². The van der Waals surface area contributed by atoms with E-state index < -0.39 is 0 Å². The first-order chi connectivity index (χ1) is 7.67. The van der Waals surface area contributed by atoms with Crippen LogP contribution in [0.1, 0.15) is 5.56 Å². The molecule has 0 radical (unpaired) electrons. The Hall–Kier alpha value is 0.780. The maximum Gasteiger partial charge on any atom is 0.0843 e. The van der Waals surface area contributed by atoms with Crippen molar-refractivity contribution in [3.8, 4) is 0 Å². The normalized spacial score (nSPS) is 14.8. The molecule has 0 bridgehead atoms. The van der Waals surface area contributed by atoms with Crippen molar-refractivity contribution < 1.29 is 4.74 Å². The molecule has 2 unspecified atom stereocenters. The lowest BCUT2D eigenvalue weighted by Gasteiger charge is -2.19. The predicted molar refractivity (Wildman–Crippen MR) is 79.3 cm³/mol. The van der Waals surface area contributed by atoms with E-state index in [0.29, 0.717) is 23.4 Å². The van der Waals surface area contributed by atoms with Gasteiger partial charge < -0.3 is 4.74 Å². The van der Waals surface area contributed by atoms with Crippen LogP contribution in [0.2, 0.25) is 5.02 Å². The molecule has 0 fully saturated rings. The number of hydrogen-bond donors (Lipinski definition) is 0. The largest absolute Gasteiger partial charge is 0.371 e. The molecule has 90 valence electrons. The summed E-state index contributed by atoms with van der Waals surface area (Å²) in [7, 11) is 0. The highest BCUT2D eigenvalue weighted by Crippen LogP contribution is 2.17. The summed E-state index contributed by atoms with van der Waals surface area (Å²) in [6.07, 6.45) is -0.0289. The van der Waals surface area contributed by atoms with Crippen LogP contribution in [0.4, 0.5) is 0 Å². The third-order valence-electron chi connectivity index (χ3n) is 2.06. The minimum Gasteiger partial charge on any atom is -0.371 e. The van der Waals surface area contributed by atoms with Crippen LogP contribution in [-0.4, -0.2) is 21.8 Å². The van der Waals surface area contributed by atoms with Crippen LogP contribution in [0.5, 0.6) is 0 Å². The number of rotatable bonds is 6. The van der Waals surface area contributed by atoms with Crippen molar-refractivity contribution in [3.63, 3.8) is 0 Å². The Morgan fingerprint density at radius 3 is 2.56 bits per heavy atom. The molecule has 1 aromatic carbocycles. The fourth-order valence-electron chi connectivity index (χ4n) is 1.17. The molecule has 0 aliphatic rings. The van der Waals surface area contributed by atoms with Gasteiger partial charge in [-0.05, 0) is 17.7 Å². The highest BCUT2D eigenvalue weighted by atomic mass is 127. The Kier molecular flexibility index (Phi) is 7.40. The molecule has 0 amide bonds. The summed E-state index contributed by atoms with van der Waals surface area (Å²) in [4.78, 5) is 0. The molecular formula is C11H12Cl3IO. The monoisotopic (exact) mass is 392 g/mol. The lowest BCUT2D eigenvalue weighted by Crippen LogP contribution is -2.27. The zero-order valence-electron chi connectivity index (χ0n) is 8.51. The average Bonchev–Trinajstić information content (AvgIpc) is 2.29. The van der Waals surface area contributed by atoms with E-state index in [4.69, 9.17) is 39.5 Å². The van der Waals surface area contributed by atoms with Crippen molar-refractivity contribution >= 4 is 57.4 Å². The van der Waals surface area contributed by atoms with E-state index in [2.05, 4.69) is 22.6 Å². The molecule has 0 N–H and O–H groups in total. The maximum absolute atomic E-state index is 5.88. The van der Waals surface area contributed by atoms with Gasteiger partial charge in [0, 0.05) is 16.8 Å². The molecule has 1 nitrogen and oxygen atoms in total. The number of alkyl halides is 3. The molecule has 1 rings (SSSR count). The average molecular weight is 393 g/mol. The third-order valence-corrected chi connectivity index (χ3v) is 4.69. The van der Waals surface area contributed by atoms with Gasteiger partial charge >= 0.3 is 0 Å². The highest BCUT2D eigenvalue weighted by molar-refractivity contribution is 14.1.